The molecule has 1 heterocycles. The van der Waals surface area contributed by atoms with Crippen molar-refractivity contribution in [1.29, 1.82) is 0 Å². The van der Waals surface area contributed by atoms with Crippen molar-refractivity contribution in [3.05, 3.63) is 48.3 Å². The molecule has 2 rings (SSSR count). The average molecular weight is 413 g/mol. The second-order valence-corrected chi connectivity index (χ2v) is 7.13. The summed E-state index contributed by atoms with van der Waals surface area (Å²) in [5, 5.41) is 9.66. The highest BCUT2D eigenvalue weighted by atomic mass is 19.4. The van der Waals surface area contributed by atoms with Crippen molar-refractivity contribution in [1.82, 2.24) is 0 Å². The molecule has 1 unspecified atom stereocenters. The van der Waals surface area contributed by atoms with Gasteiger partial charge in [0.1, 0.15) is 11.5 Å². The first-order chi connectivity index (χ1) is 13.8. The molecule has 7 heteroatoms. The number of hydrogen-bond donors (Lipinski definition) is 1. The van der Waals surface area contributed by atoms with Crippen LogP contribution in [0.4, 0.5) is 18.9 Å². The smallest absolute Gasteiger partial charge is 0.416 e. The molecule has 29 heavy (non-hydrogen) atoms. The summed E-state index contributed by atoms with van der Waals surface area (Å²) in [4.78, 5) is 1.60. The minimum atomic E-state index is -4.66. The van der Waals surface area contributed by atoms with E-state index in [0.717, 1.165) is 19.3 Å². The molecule has 4 nitrogen and oxygen atoms in total. The minimum Gasteiger partial charge on any atom is -0.458 e. The van der Waals surface area contributed by atoms with Crippen molar-refractivity contribution < 1.29 is 27.8 Å². The van der Waals surface area contributed by atoms with Gasteiger partial charge in [0.05, 0.1) is 6.54 Å². The molecule has 1 N–H and O–H groups in total. The van der Waals surface area contributed by atoms with E-state index in [1.165, 1.54) is 0 Å². The maximum Gasteiger partial charge on any atom is 0.416 e. The number of rotatable bonds is 9. The standard InChI is InChI=1S/C22H30F3NO3/c1-3-6-19(7-4-2)29-20-9-5-8-18(14-20)26(16-21(27)22(23,24)25)15-17-10-12-28-13-11-17/h3,5-9,14,17,21,27H,4,10-13,15-16H2,1-2H3/b6-3-,19-7+. The van der Waals surface area contributed by atoms with Gasteiger partial charge in [-0.1, -0.05) is 19.1 Å². The number of halogens is 3. The second-order valence-electron chi connectivity index (χ2n) is 7.13. The Bertz CT molecular complexity index is 682. The van der Waals surface area contributed by atoms with Crippen LogP contribution in [0.5, 0.6) is 5.75 Å². The molecule has 1 fully saturated rings. The van der Waals surface area contributed by atoms with Crippen LogP contribution in [0.1, 0.15) is 33.1 Å². The predicted octanol–water partition coefficient (Wildman–Crippen LogP) is 5.09. The zero-order valence-electron chi connectivity index (χ0n) is 17.0. The Morgan fingerprint density at radius 3 is 2.69 bits per heavy atom. The number of aliphatic hydroxyl groups is 1. The van der Waals surface area contributed by atoms with Gasteiger partial charge < -0.3 is 19.5 Å². The normalized spacial score (nSPS) is 17.5. The molecule has 0 amide bonds. The van der Waals surface area contributed by atoms with Gasteiger partial charge in [0, 0.05) is 31.5 Å². The largest absolute Gasteiger partial charge is 0.458 e. The van der Waals surface area contributed by atoms with Gasteiger partial charge in [0.15, 0.2) is 6.10 Å². The number of nitrogens with zero attached hydrogens (tertiary/aromatic N) is 1. The lowest BCUT2D eigenvalue weighted by Gasteiger charge is -2.33. The van der Waals surface area contributed by atoms with E-state index < -0.39 is 18.8 Å². The molecule has 1 aliphatic heterocycles. The topological polar surface area (TPSA) is 41.9 Å². The predicted molar refractivity (Wildman–Crippen MR) is 108 cm³/mol. The first-order valence-corrected chi connectivity index (χ1v) is 10.0. The van der Waals surface area contributed by atoms with Crippen LogP contribution in [0.3, 0.4) is 0 Å². The molecule has 162 valence electrons. The molecule has 1 aromatic rings. The summed E-state index contributed by atoms with van der Waals surface area (Å²) in [7, 11) is 0. The summed E-state index contributed by atoms with van der Waals surface area (Å²) < 4.78 is 50.2. The van der Waals surface area contributed by atoms with E-state index in [4.69, 9.17) is 9.47 Å². The second kappa shape index (κ2) is 11.3. The van der Waals surface area contributed by atoms with Crippen molar-refractivity contribution in [3.8, 4) is 5.75 Å². The quantitative estimate of drug-likeness (QED) is 0.452. The Hall–Kier alpha value is -1.99. The molecule has 1 aromatic carbocycles. The van der Waals surface area contributed by atoms with Gasteiger partial charge in [0.25, 0.3) is 0 Å². The van der Waals surface area contributed by atoms with Gasteiger partial charge in [-0.05, 0) is 56.4 Å². The van der Waals surface area contributed by atoms with Crippen molar-refractivity contribution >= 4 is 5.69 Å². The Balaban J connectivity index is 2.22. The number of anilines is 1. The third kappa shape index (κ3) is 7.74. The van der Waals surface area contributed by atoms with Gasteiger partial charge in [-0.15, -0.1) is 0 Å². The first kappa shape index (κ1) is 23.3. The van der Waals surface area contributed by atoms with E-state index in [1.54, 1.807) is 29.2 Å². The van der Waals surface area contributed by atoms with Gasteiger partial charge >= 0.3 is 6.18 Å². The summed E-state index contributed by atoms with van der Waals surface area (Å²) in [5.41, 5.74) is 0.591. The van der Waals surface area contributed by atoms with Crippen molar-refractivity contribution in [2.75, 3.05) is 31.2 Å². The number of alkyl halides is 3. The zero-order valence-corrected chi connectivity index (χ0v) is 17.0. The fraction of sp³-hybridized carbons (Fsp3) is 0.545. The van der Waals surface area contributed by atoms with E-state index in [0.29, 0.717) is 37.0 Å². The van der Waals surface area contributed by atoms with Crippen LogP contribution < -0.4 is 9.64 Å². The molecule has 0 bridgehead atoms. The molecule has 0 aliphatic carbocycles. The monoisotopic (exact) mass is 413 g/mol. The van der Waals surface area contributed by atoms with Crippen molar-refractivity contribution in [3.63, 3.8) is 0 Å². The maximum atomic E-state index is 13.0. The Morgan fingerprint density at radius 1 is 1.34 bits per heavy atom. The highest BCUT2D eigenvalue weighted by Crippen LogP contribution is 2.28. The van der Waals surface area contributed by atoms with Gasteiger partial charge in [-0.3, -0.25) is 0 Å². The summed E-state index contributed by atoms with van der Waals surface area (Å²) in [6.07, 6.45) is 0.938. The lowest BCUT2D eigenvalue weighted by atomic mass is 9.99. The van der Waals surface area contributed by atoms with Gasteiger partial charge in [-0.25, -0.2) is 0 Å². The third-order valence-corrected chi connectivity index (χ3v) is 4.75. The molecule has 1 aliphatic rings. The number of allylic oxidation sites excluding steroid dienone is 3. The molecular weight excluding hydrogens is 383 g/mol. The summed E-state index contributed by atoms with van der Waals surface area (Å²) in [5.74, 6) is 1.43. The van der Waals surface area contributed by atoms with Gasteiger partial charge in [-0.2, -0.15) is 13.2 Å². The summed E-state index contributed by atoms with van der Waals surface area (Å²) in [6.45, 7) is 5.01. The zero-order chi connectivity index (χ0) is 21.3. The van der Waals surface area contributed by atoms with Crippen LogP contribution in [0.2, 0.25) is 0 Å². The lowest BCUT2D eigenvalue weighted by molar-refractivity contribution is -0.200. The SMILES string of the molecule is C/C=C\C(=C/CC)Oc1cccc(N(CC2CCOCC2)CC(O)C(F)(F)F)c1. The van der Waals surface area contributed by atoms with E-state index >= 15 is 0 Å². The molecule has 1 saturated heterocycles. The van der Waals surface area contributed by atoms with Crippen LogP contribution in [0, 0.1) is 5.92 Å². The minimum absolute atomic E-state index is 0.215. The van der Waals surface area contributed by atoms with Crippen LogP contribution in [-0.4, -0.2) is 43.7 Å². The Kier molecular flexibility index (Phi) is 9.04. The number of ether oxygens (including phenoxy) is 2. The van der Waals surface area contributed by atoms with E-state index in [9.17, 15) is 18.3 Å². The van der Waals surface area contributed by atoms with Crippen LogP contribution >= 0.6 is 0 Å². The molecule has 0 spiro atoms. The maximum absolute atomic E-state index is 13.0. The van der Waals surface area contributed by atoms with Crippen molar-refractivity contribution in [2.45, 2.75) is 45.4 Å². The summed E-state index contributed by atoms with van der Waals surface area (Å²) >= 11 is 0. The number of hydrogen-bond acceptors (Lipinski definition) is 4. The molecule has 0 aromatic heterocycles. The van der Waals surface area contributed by atoms with Crippen LogP contribution in [0.15, 0.2) is 48.3 Å². The molecular formula is C22H30F3NO3. The Labute approximate surface area is 170 Å². The Morgan fingerprint density at radius 2 is 2.07 bits per heavy atom. The third-order valence-electron chi connectivity index (χ3n) is 4.75. The number of aliphatic hydroxyl groups excluding tert-OH is 1. The first-order valence-electron chi connectivity index (χ1n) is 10.0. The number of benzene rings is 1. The van der Waals surface area contributed by atoms with E-state index in [1.807, 2.05) is 32.1 Å². The highest BCUT2D eigenvalue weighted by molar-refractivity contribution is 5.51. The molecule has 1 atom stereocenters. The van der Waals surface area contributed by atoms with Crippen molar-refractivity contribution in [2.24, 2.45) is 5.92 Å². The van der Waals surface area contributed by atoms with Crippen LogP contribution in [0.25, 0.3) is 0 Å². The molecule has 0 saturated carbocycles. The van der Waals surface area contributed by atoms with Gasteiger partial charge in [0.2, 0.25) is 0 Å². The fourth-order valence-electron chi connectivity index (χ4n) is 3.23. The fourth-order valence-corrected chi connectivity index (χ4v) is 3.23. The molecule has 0 radical (unpaired) electrons. The summed E-state index contributed by atoms with van der Waals surface area (Å²) in [6, 6.07) is 6.98. The highest BCUT2D eigenvalue weighted by Gasteiger charge is 2.39. The lowest BCUT2D eigenvalue weighted by Crippen LogP contribution is -2.43. The average Bonchev–Trinajstić information content (AvgIpc) is 2.68. The van der Waals surface area contributed by atoms with E-state index in [-0.39, 0.29) is 5.92 Å². The van der Waals surface area contributed by atoms with E-state index in [2.05, 4.69) is 0 Å². The van der Waals surface area contributed by atoms with Crippen LogP contribution in [-0.2, 0) is 4.74 Å².